The number of nitrogens with zero attached hydrogens (tertiary/aromatic N) is 1. The molecule has 2 aromatic carbocycles. The summed E-state index contributed by atoms with van der Waals surface area (Å²) in [6, 6.07) is 12.5. The van der Waals surface area contributed by atoms with Crippen LogP contribution in [-0.2, 0) is 12.7 Å². The molecule has 0 unspecified atom stereocenters. The lowest BCUT2D eigenvalue weighted by Crippen LogP contribution is -2.16. The molecule has 0 aliphatic carbocycles. The third-order valence-electron chi connectivity index (χ3n) is 3.93. The number of halogens is 4. The Hall–Kier alpha value is -3.42. The van der Waals surface area contributed by atoms with Crippen molar-refractivity contribution in [3.8, 4) is 0 Å². The summed E-state index contributed by atoms with van der Waals surface area (Å²) in [6.07, 6.45) is -1.57. The summed E-state index contributed by atoms with van der Waals surface area (Å²) in [4.78, 5) is 16.5. The molecule has 8 heteroatoms. The lowest BCUT2D eigenvalue weighted by atomic mass is 10.1. The number of carbonyl (C=O) groups is 1. The Morgan fingerprint density at radius 3 is 2.43 bits per heavy atom. The van der Waals surface area contributed by atoms with Gasteiger partial charge in [-0.25, -0.2) is 4.39 Å². The highest BCUT2D eigenvalue weighted by molar-refractivity contribution is 6.08. The van der Waals surface area contributed by atoms with Crippen molar-refractivity contribution in [1.29, 1.82) is 0 Å². The van der Waals surface area contributed by atoms with Crippen LogP contribution >= 0.6 is 0 Å². The van der Waals surface area contributed by atoms with Crippen molar-refractivity contribution in [2.24, 2.45) is 0 Å². The number of carbonyl (C=O) groups excluding carboxylic acids is 1. The number of rotatable bonds is 5. The maximum absolute atomic E-state index is 13.4. The largest absolute Gasteiger partial charge is 0.419 e. The predicted molar refractivity (Wildman–Crippen MR) is 97.4 cm³/mol. The first-order chi connectivity index (χ1) is 13.3. The van der Waals surface area contributed by atoms with Crippen LogP contribution in [0.1, 0.15) is 21.5 Å². The number of hydrogen-bond acceptors (Lipinski definition) is 3. The van der Waals surface area contributed by atoms with E-state index in [1.54, 1.807) is 36.7 Å². The smallest absolute Gasteiger partial charge is 0.380 e. The van der Waals surface area contributed by atoms with Gasteiger partial charge in [0.2, 0.25) is 0 Å². The van der Waals surface area contributed by atoms with E-state index in [0.29, 0.717) is 24.4 Å². The van der Waals surface area contributed by atoms with Gasteiger partial charge < -0.3 is 10.6 Å². The van der Waals surface area contributed by atoms with E-state index >= 15 is 0 Å². The quantitative estimate of drug-likeness (QED) is 0.597. The first-order valence-electron chi connectivity index (χ1n) is 8.24. The highest BCUT2D eigenvalue weighted by Gasteiger charge is 2.34. The van der Waals surface area contributed by atoms with Crippen molar-refractivity contribution in [1.82, 2.24) is 4.98 Å². The summed E-state index contributed by atoms with van der Waals surface area (Å²) in [6.45, 7) is 0.432. The molecule has 28 heavy (non-hydrogen) atoms. The molecule has 144 valence electrons. The van der Waals surface area contributed by atoms with Gasteiger partial charge in [0, 0.05) is 30.3 Å². The minimum Gasteiger partial charge on any atom is -0.380 e. The SMILES string of the molecule is O=C(Nc1ccc(F)c(C(F)(F)F)c1)c1ccccc1NCc1ccncc1. The van der Waals surface area contributed by atoms with E-state index in [9.17, 15) is 22.4 Å². The van der Waals surface area contributed by atoms with Crippen LogP contribution in [-0.4, -0.2) is 10.9 Å². The maximum Gasteiger partial charge on any atom is 0.419 e. The Bertz CT molecular complexity index is 975. The molecule has 1 heterocycles. The molecule has 0 aliphatic heterocycles. The second-order valence-corrected chi connectivity index (χ2v) is 5.90. The van der Waals surface area contributed by atoms with Crippen LogP contribution in [0, 0.1) is 5.82 Å². The molecule has 0 saturated heterocycles. The Labute approximate surface area is 158 Å². The number of pyridine rings is 1. The topological polar surface area (TPSA) is 54.0 Å². The Morgan fingerprint density at radius 1 is 1.00 bits per heavy atom. The second-order valence-electron chi connectivity index (χ2n) is 5.90. The summed E-state index contributed by atoms with van der Waals surface area (Å²) < 4.78 is 51.9. The first-order valence-corrected chi connectivity index (χ1v) is 8.24. The molecule has 0 spiro atoms. The summed E-state index contributed by atoms with van der Waals surface area (Å²) in [5, 5.41) is 5.49. The minimum atomic E-state index is -4.85. The highest BCUT2D eigenvalue weighted by atomic mass is 19.4. The van der Waals surface area contributed by atoms with Crippen molar-refractivity contribution >= 4 is 17.3 Å². The summed E-state index contributed by atoms with van der Waals surface area (Å²) in [5.41, 5.74) is 0.111. The molecular formula is C20H15F4N3O. The monoisotopic (exact) mass is 389 g/mol. The molecule has 2 N–H and O–H groups in total. The number of alkyl halides is 3. The van der Waals surface area contributed by atoms with Gasteiger partial charge in [-0.2, -0.15) is 13.2 Å². The van der Waals surface area contributed by atoms with E-state index in [1.807, 2.05) is 12.1 Å². The van der Waals surface area contributed by atoms with Crippen LogP contribution in [0.3, 0.4) is 0 Å². The van der Waals surface area contributed by atoms with Crippen molar-refractivity contribution in [3.05, 3.63) is 89.5 Å². The van der Waals surface area contributed by atoms with Crippen LogP contribution < -0.4 is 10.6 Å². The Balaban J connectivity index is 1.78. The Morgan fingerprint density at radius 2 is 1.71 bits per heavy atom. The molecule has 1 amide bonds. The van der Waals surface area contributed by atoms with Gasteiger partial charge in [-0.05, 0) is 48.0 Å². The average molecular weight is 389 g/mol. The zero-order valence-electron chi connectivity index (χ0n) is 14.4. The number of aromatic nitrogens is 1. The molecule has 0 atom stereocenters. The van der Waals surface area contributed by atoms with Gasteiger partial charge >= 0.3 is 6.18 Å². The van der Waals surface area contributed by atoms with E-state index in [2.05, 4.69) is 15.6 Å². The van der Waals surface area contributed by atoms with Crippen LogP contribution in [0.15, 0.2) is 67.0 Å². The van der Waals surface area contributed by atoms with Crippen molar-refractivity contribution in [2.45, 2.75) is 12.7 Å². The number of amides is 1. The lowest BCUT2D eigenvalue weighted by molar-refractivity contribution is -0.139. The first kappa shape index (κ1) is 19.3. The van der Waals surface area contributed by atoms with Gasteiger partial charge in [0.15, 0.2) is 0 Å². The van der Waals surface area contributed by atoms with Gasteiger partial charge in [0.25, 0.3) is 5.91 Å². The molecular weight excluding hydrogens is 374 g/mol. The molecule has 0 aliphatic rings. The van der Waals surface area contributed by atoms with Crippen LogP contribution in [0.25, 0.3) is 0 Å². The standard InChI is InChI=1S/C20H15F4N3O/c21-17-6-5-14(11-16(17)20(22,23)24)27-19(28)15-3-1-2-4-18(15)26-12-13-7-9-25-10-8-13/h1-11,26H,12H2,(H,27,28). The fourth-order valence-corrected chi connectivity index (χ4v) is 2.55. The van der Waals surface area contributed by atoms with Gasteiger partial charge in [-0.15, -0.1) is 0 Å². The Kier molecular flexibility index (Phi) is 5.58. The fourth-order valence-electron chi connectivity index (χ4n) is 2.55. The van der Waals surface area contributed by atoms with Gasteiger partial charge in [0.05, 0.1) is 11.1 Å². The van der Waals surface area contributed by atoms with Crippen LogP contribution in [0.2, 0.25) is 0 Å². The molecule has 0 radical (unpaired) electrons. The molecule has 0 bridgehead atoms. The van der Waals surface area contributed by atoms with E-state index in [1.165, 1.54) is 0 Å². The van der Waals surface area contributed by atoms with E-state index < -0.39 is 23.5 Å². The van der Waals surface area contributed by atoms with E-state index in [-0.39, 0.29) is 11.3 Å². The predicted octanol–water partition coefficient (Wildman–Crippen LogP) is 5.10. The molecule has 3 aromatic rings. The summed E-state index contributed by atoms with van der Waals surface area (Å²) in [5.74, 6) is -2.01. The average Bonchev–Trinajstić information content (AvgIpc) is 2.68. The molecule has 4 nitrogen and oxygen atoms in total. The zero-order chi connectivity index (χ0) is 20.1. The fraction of sp³-hybridized carbons (Fsp3) is 0.100. The van der Waals surface area contributed by atoms with Gasteiger partial charge in [-0.3, -0.25) is 9.78 Å². The summed E-state index contributed by atoms with van der Waals surface area (Å²) >= 11 is 0. The second kappa shape index (κ2) is 8.08. The molecule has 1 aromatic heterocycles. The molecule has 0 fully saturated rings. The third-order valence-corrected chi connectivity index (χ3v) is 3.93. The number of anilines is 2. The van der Waals surface area contributed by atoms with Gasteiger partial charge in [0.1, 0.15) is 5.82 Å². The van der Waals surface area contributed by atoms with Crippen molar-refractivity contribution in [3.63, 3.8) is 0 Å². The van der Waals surface area contributed by atoms with Crippen LogP contribution in [0.4, 0.5) is 28.9 Å². The van der Waals surface area contributed by atoms with Crippen molar-refractivity contribution < 1.29 is 22.4 Å². The number of nitrogens with one attached hydrogen (secondary N) is 2. The van der Waals surface area contributed by atoms with Gasteiger partial charge in [-0.1, -0.05) is 12.1 Å². The van der Waals surface area contributed by atoms with Crippen LogP contribution in [0.5, 0.6) is 0 Å². The lowest BCUT2D eigenvalue weighted by Gasteiger charge is -2.14. The minimum absolute atomic E-state index is 0.150. The van der Waals surface area contributed by atoms with E-state index in [0.717, 1.165) is 11.6 Å². The third kappa shape index (κ3) is 4.64. The maximum atomic E-state index is 13.4. The van der Waals surface area contributed by atoms with Crippen molar-refractivity contribution in [2.75, 3.05) is 10.6 Å². The normalized spacial score (nSPS) is 11.1. The molecule has 0 saturated carbocycles. The highest BCUT2D eigenvalue weighted by Crippen LogP contribution is 2.33. The zero-order valence-corrected chi connectivity index (χ0v) is 14.4. The number of benzene rings is 2. The summed E-state index contributed by atoms with van der Waals surface area (Å²) in [7, 11) is 0. The van der Waals surface area contributed by atoms with E-state index in [4.69, 9.17) is 0 Å². The number of para-hydroxylation sites is 1. The number of hydrogen-bond donors (Lipinski definition) is 2. The molecule has 3 rings (SSSR count).